The molecule has 1 aliphatic heterocycles. The van der Waals surface area contributed by atoms with Gasteiger partial charge in [-0.05, 0) is 25.3 Å². The third kappa shape index (κ3) is 3.55. The molecule has 1 heterocycles. The number of nitrogens with one attached hydrogen (secondary N) is 1. The molecule has 0 aliphatic carbocycles. The van der Waals surface area contributed by atoms with Gasteiger partial charge in [0.2, 0.25) is 0 Å². The molecule has 19 heavy (non-hydrogen) atoms. The first-order valence-electron chi connectivity index (χ1n) is 6.62. The molecule has 4 heteroatoms. The summed E-state index contributed by atoms with van der Waals surface area (Å²) in [5.74, 6) is -0.0851. The van der Waals surface area contributed by atoms with E-state index < -0.39 is 6.10 Å². The van der Waals surface area contributed by atoms with Crippen LogP contribution in [0.2, 0.25) is 0 Å². The predicted molar refractivity (Wildman–Crippen MR) is 72.8 cm³/mol. The Kier molecular flexibility index (Phi) is 4.56. The maximum atomic E-state index is 12.4. The van der Waals surface area contributed by atoms with E-state index in [-0.39, 0.29) is 11.4 Å². The van der Waals surface area contributed by atoms with E-state index in [1.54, 1.807) is 7.11 Å². The average Bonchev–Trinajstić information content (AvgIpc) is 2.41. The van der Waals surface area contributed by atoms with Gasteiger partial charge < -0.3 is 14.8 Å². The maximum Gasteiger partial charge on any atom is 0.254 e. The lowest BCUT2D eigenvalue weighted by Crippen LogP contribution is -2.51. The highest BCUT2D eigenvalue weighted by Gasteiger charge is 2.32. The van der Waals surface area contributed by atoms with Gasteiger partial charge in [-0.1, -0.05) is 30.3 Å². The lowest BCUT2D eigenvalue weighted by atomic mass is 9.92. The fourth-order valence-corrected chi connectivity index (χ4v) is 2.33. The Morgan fingerprint density at radius 2 is 1.95 bits per heavy atom. The molecule has 1 atom stereocenters. The van der Waals surface area contributed by atoms with Crippen LogP contribution in [0.25, 0.3) is 0 Å². The van der Waals surface area contributed by atoms with Crippen molar-refractivity contribution in [3.05, 3.63) is 35.9 Å². The summed E-state index contributed by atoms with van der Waals surface area (Å²) in [5, 5.41) is 3.10. The number of benzene rings is 1. The summed E-state index contributed by atoms with van der Waals surface area (Å²) in [6, 6.07) is 9.55. The first kappa shape index (κ1) is 14.0. The summed E-state index contributed by atoms with van der Waals surface area (Å²) in [6.07, 6.45) is 1.12. The van der Waals surface area contributed by atoms with Crippen molar-refractivity contribution in [3.8, 4) is 0 Å². The quantitative estimate of drug-likeness (QED) is 0.904. The summed E-state index contributed by atoms with van der Waals surface area (Å²) in [7, 11) is 1.56. The number of methoxy groups -OCH3 is 1. The van der Waals surface area contributed by atoms with Crippen LogP contribution < -0.4 is 5.32 Å². The van der Waals surface area contributed by atoms with E-state index in [4.69, 9.17) is 9.47 Å². The topological polar surface area (TPSA) is 47.6 Å². The first-order chi connectivity index (χ1) is 9.14. The molecule has 1 N–H and O–H groups in total. The van der Waals surface area contributed by atoms with Gasteiger partial charge in [-0.15, -0.1) is 0 Å². The van der Waals surface area contributed by atoms with Gasteiger partial charge in [-0.2, -0.15) is 0 Å². The standard InChI is InChI=1S/C15H21NO3/c1-15(8-10-19-11-9-15)16-14(17)13(18-2)12-6-4-3-5-7-12/h3-7,13H,8-11H2,1-2H3,(H,16,17)/t13-/m1/s1. The highest BCUT2D eigenvalue weighted by Crippen LogP contribution is 2.23. The third-order valence-electron chi connectivity index (χ3n) is 3.60. The minimum atomic E-state index is -0.555. The van der Waals surface area contributed by atoms with E-state index in [1.165, 1.54) is 0 Å². The van der Waals surface area contributed by atoms with Crippen LogP contribution in [0.3, 0.4) is 0 Å². The zero-order valence-corrected chi connectivity index (χ0v) is 11.5. The highest BCUT2D eigenvalue weighted by molar-refractivity contribution is 5.82. The predicted octanol–water partition coefficient (Wildman–Crippen LogP) is 2.06. The molecule has 1 aliphatic rings. The zero-order valence-electron chi connectivity index (χ0n) is 11.5. The van der Waals surface area contributed by atoms with Gasteiger partial charge in [-0.3, -0.25) is 4.79 Å². The molecule has 104 valence electrons. The van der Waals surface area contributed by atoms with Crippen molar-refractivity contribution in [2.75, 3.05) is 20.3 Å². The van der Waals surface area contributed by atoms with Gasteiger partial charge in [0.05, 0.1) is 0 Å². The molecule has 0 radical (unpaired) electrons. The van der Waals surface area contributed by atoms with Crippen molar-refractivity contribution in [1.29, 1.82) is 0 Å². The second kappa shape index (κ2) is 6.17. The lowest BCUT2D eigenvalue weighted by molar-refractivity contribution is -0.134. The third-order valence-corrected chi connectivity index (χ3v) is 3.60. The van der Waals surface area contributed by atoms with Gasteiger partial charge in [0.25, 0.3) is 5.91 Å². The number of carbonyl (C=O) groups excluding carboxylic acids is 1. The molecule has 1 aromatic carbocycles. The van der Waals surface area contributed by atoms with Crippen LogP contribution in [0.1, 0.15) is 31.4 Å². The Morgan fingerprint density at radius 3 is 2.53 bits per heavy atom. The monoisotopic (exact) mass is 263 g/mol. The van der Waals surface area contributed by atoms with E-state index >= 15 is 0 Å². The molecule has 0 aromatic heterocycles. The summed E-state index contributed by atoms with van der Waals surface area (Å²) < 4.78 is 10.7. The van der Waals surface area contributed by atoms with Crippen LogP contribution in [0, 0.1) is 0 Å². The van der Waals surface area contributed by atoms with Gasteiger partial charge in [0.15, 0.2) is 6.10 Å². The van der Waals surface area contributed by atoms with Crippen molar-refractivity contribution >= 4 is 5.91 Å². The molecular weight excluding hydrogens is 242 g/mol. The SMILES string of the molecule is CO[C@@H](C(=O)NC1(C)CCOCC1)c1ccccc1. The summed E-state index contributed by atoms with van der Waals surface area (Å²) in [6.45, 7) is 3.45. The van der Waals surface area contributed by atoms with Crippen molar-refractivity contribution in [2.24, 2.45) is 0 Å². The first-order valence-corrected chi connectivity index (χ1v) is 6.62. The molecule has 1 fully saturated rings. The number of ether oxygens (including phenoxy) is 2. The Balaban J connectivity index is 2.05. The Morgan fingerprint density at radius 1 is 1.32 bits per heavy atom. The molecule has 0 saturated carbocycles. The number of amides is 1. The van der Waals surface area contributed by atoms with E-state index in [1.807, 2.05) is 30.3 Å². The van der Waals surface area contributed by atoms with E-state index in [9.17, 15) is 4.79 Å². The van der Waals surface area contributed by atoms with E-state index in [0.29, 0.717) is 13.2 Å². The smallest absolute Gasteiger partial charge is 0.254 e. The molecule has 4 nitrogen and oxygen atoms in total. The summed E-state index contributed by atoms with van der Waals surface area (Å²) in [5.41, 5.74) is 0.680. The molecule has 0 spiro atoms. The number of rotatable bonds is 4. The molecule has 0 unspecified atom stereocenters. The molecule has 1 saturated heterocycles. The van der Waals surface area contributed by atoms with Crippen LogP contribution in [-0.4, -0.2) is 31.8 Å². The van der Waals surface area contributed by atoms with Crippen LogP contribution in [0.15, 0.2) is 30.3 Å². The van der Waals surface area contributed by atoms with Crippen molar-refractivity contribution in [2.45, 2.75) is 31.4 Å². The molecular formula is C15H21NO3. The Labute approximate surface area is 114 Å². The van der Waals surface area contributed by atoms with Crippen LogP contribution in [-0.2, 0) is 14.3 Å². The Bertz CT molecular complexity index is 413. The largest absolute Gasteiger partial charge is 0.381 e. The summed E-state index contributed by atoms with van der Waals surface area (Å²) in [4.78, 5) is 12.4. The van der Waals surface area contributed by atoms with Gasteiger partial charge in [-0.25, -0.2) is 0 Å². The minimum Gasteiger partial charge on any atom is -0.381 e. The lowest BCUT2D eigenvalue weighted by Gasteiger charge is -2.35. The normalized spacial score (nSPS) is 19.7. The van der Waals surface area contributed by atoms with Crippen molar-refractivity contribution in [1.82, 2.24) is 5.32 Å². The fraction of sp³-hybridized carbons (Fsp3) is 0.533. The number of hydrogen-bond acceptors (Lipinski definition) is 3. The molecule has 1 aromatic rings. The fourth-order valence-electron chi connectivity index (χ4n) is 2.33. The second-order valence-electron chi connectivity index (χ2n) is 5.19. The zero-order chi connectivity index (χ0) is 13.7. The molecule has 2 rings (SSSR count). The minimum absolute atomic E-state index is 0.0851. The molecule has 0 bridgehead atoms. The van der Waals surface area contributed by atoms with E-state index in [2.05, 4.69) is 12.2 Å². The van der Waals surface area contributed by atoms with Gasteiger partial charge in [0.1, 0.15) is 0 Å². The van der Waals surface area contributed by atoms with Crippen LogP contribution in [0.5, 0.6) is 0 Å². The van der Waals surface area contributed by atoms with Crippen molar-refractivity contribution < 1.29 is 14.3 Å². The van der Waals surface area contributed by atoms with Crippen LogP contribution >= 0.6 is 0 Å². The van der Waals surface area contributed by atoms with Crippen LogP contribution in [0.4, 0.5) is 0 Å². The van der Waals surface area contributed by atoms with Gasteiger partial charge >= 0.3 is 0 Å². The maximum absolute atomic E-state index is 12.4. The van der Waals surface area contributed by atoms with E-state index in [0.717, 1.165) is 18.4 Å². The number of hydrogen-bond donors (Lipinski definition) is 1. The highest BCUT2D eigenvalue weighted by atomic mass is 16.5. The van der Waals surface area contributed by atoms with Crippen molar-refractivity contribution in [3.63, 3.8) is 0 Å². The molecule has 1 amide bonds. The average molecular weight is 263 g/mol. The number of carbonyl (C=O) groups is 1. The summed E-state index contributed by atoms with van der Waals surface area (Å²) >= 11 is 0. The Hall–Kier alpha value is -1.39. The van der Waals surface area contributed by atoms with Gasteiger partial charge in [0, 0.05) is 25.9 Å². The second-order valence-corrected chi connectivity index (χ2v) is 5.19.